The number of thiophene rings is 1. The van der Waals surface area contributed by atoms with Crippen molar-refractivity contribution in [1.29, 1.82) is 0 Å². The van der Waals surface area contributed by atoms with Crippen LogP contribution in [0.15, 0.2) is 17.6 Å². The fourth-order valence-corrected chi connectivity index (χ4v) is 1.65. The minimum absolute atomic E-state index is 0.213. The number of aromatic nitrogens is 2. The van der Waals surface area contributed by atoms with Crippen LogP contribution in [0.1, 0.15) is 0 Å². The number of hydrogen-bond donors (Lipinski definition) is 1. The van der Waals surface area contributed by atoms with Crippen molar-refractivity contribution in [3.63, 3.8) is 0 Å². The quantitative estimate of drug-likeness (QED) is 0.327. The van der Waals surface area contributed by atoms with Gasteiger partial charge >= 0.3 is 0 Å². The maximum atomic E-state index is 10.3. The molecule has 0 aliphatic heterocycles. The Balaban J connectivity index is 2.53. The number of hydrazine groups is 1. The number of rotatable bonds is 2. The fourth-order valence-electron chi connectivity index (χ4n) is 0.919. The third kappa shape index (κ3) is 1.36. The molecule has 0 fully saturated rings. The van der Waals surface area contributed by atoms with Crippen molar-refractivity contribution in [1.82, 2.24) is 9.97 Å². The van der Waals surface area contributed by atoms with E-state index >= 15 is 0 Å². The number of nitrogens with two attached hydrogens (primary N) is 1. The van der Waals surface area contributed by atoms with Gasteiger partial charge in [-0.15, -0.1) is 11.3 Å². The predicted octanol–water partition coefficient (Wildman–Crippen LogP) is 0.528. The molecule has 6 heteroatoms. The van der Waals surface area contributed by atoms with Gasteiger partial charge in [0.15, 0.2) is 0 Å². The number of nitrogens with zero attached hydrogens (tertiary/aromatic N) is 3. The first-order valence-electron chi connectivity index (χ1n) is 3.51. The molecule has 13 heavy (non-hydrogen) atoms. The number of carbonyl (C=O) groups is 1. The van der Waals surface area contributed by atoms with Crippen molar-refractivity contribution in [2.75, 3.05) is 5.01 Å². The third-order valence-corrected chi connectivity index (χ3v) is 2.36. The number of hydrogen-bond acceptors (Lipinski definition) is 5. The Kier molecular flexibility index (Phi) is 1.91. The topological polar surface area (TPSA) is 72.1 Å². The fraction of sp³-hybridized carbons (Fsp3) is 0. The minimum atomic E-state index is 0.213. The van der Waals surface area contributed by atoms with Crippen LogP contribution in [-0.4, -0.2) is 16.4 Å². The van der Waals surface area contributed by atoms with E-state index in [4.69, 9.17) is 5.84 Å². The number of carbonyl (C=O) groups excluding carboxylic acids is 1. The molecule has 0 aliphatic carbocycles. The average Bonchev–Trinajstić information content (AvgIpc) is 2.63. The molecular formula is C7H6N4OS. The number of amides is 1. The van der Waals surface area contributed by atoms with Gasteiger partial charge in [-0.25, -0.2) is 20.8 Å². The Morgan fingerprint density at radius 2 is 2.46 bits per heavy atom. The number of anilines is 1. The Labute approximate surface area is 77.8 Å². The van der Waals surface area contributed by atoms with E-state index in [2.05, 4.69) is 9.97 Å². The maximum Gasteiger partial charge on any atom is 0.248 e. The van der Waals surface area contributed by atoms with E-state index < -0.39 is 0 Å². The van der Waals surface area contributed by atoms with Gasteiger partial charge in [0.1, 0.15) is 4.83 Å². The first-order valence-corrected chi connectivity index (χ1v) is 4.38. The predicted molar refractivity (Wildman–Crippen MR) is 50.1 cm³/mol. The minimum Gasteiger partial charge on any atom is -0.277 e. The highest BCUT2D eigenvalue weighted by atomic mass is 32.1. The van der Waals surface area contributed by atoms with Crippen LogP contribution < -0.4 is 10.9 Å². The Hall–Kier alpha value is -1.53. The van der Waals surface area contributed by atoms with Gasteiger partial charge in [-0.1, -0.05) is 0 Å². The van der Waals surface area contributed by atoms with Crippen LogP contribution in [0.25, 0.3) is 10.2 Å². The largest absolute Gasteiger partial charge is 0.277 e. The van der Waals surface area contributed by atoms with Gasteiger partial charge in [0.25, 0.3) is 0 Å². The summed E-state index contributed by atoms with van der Waals surface area (Å²) in [4.78, 5) is 19.1. The molecule has 0 aromatic carbocycles. The molecule has 0 unspecified atom stereocenters. The highest BCUT2D eigenvalue weighted by Crippen LogP contribution is 2.18. The molecule has 2 aromatic heterocycles. The molecule has 0 atom stereocenters. The lowest BCUT2D eigenvalue weighted by atomic mass is 10.4. The summed E-state index contributed by atoms with van der Waals surface area (Å²) in [5.74, 6) is 5.51. The summed E-state index contributed by atoms with van der Waals surface area (Å²) in [5.41, 5.74) is 0. The van der Waals surface area contributed by atoms with Gasteiger partial charge in [-0.05, 0) is 11.4 Å². The highest BCUT2D eigenvalue weighted by molar-refractivity contribution is 7.16. The third-order valence-electron chi connectivity index (χ3n) is 1.54. The molecule has 2 rings (SSSR count). The van der Waals surface area contributed by atoms with Crippen molar-refractivity contribution in [3.8, 4) is 0 Å². The van der Waals surface area contributed by atoms with Gasteiger partial charge in [0.2, 0.25) is 12.4 Å². The second kappa shape index (κ2) is 3.08. The Morgan fingerprint density at radius 3 is 3.23 bits per heavy atom. The zero-order valence-electron chi connectivity index (χ0n) is 6.54. The lowest BCUT2D eigenvalue weighted by molar-refractivity contribution is -0.107. The molecule has 0 spiro atoms. The summed E-state index contributed by atoms with van der Waals surface area (Å²) in [6.45, 7) is 0. The summed E-state index contributed by atoms with van der Waals surface area (Å²) >= 11 is 1.48. The van der Waals surface area contributed by atoms with Crippen LogP contribution >= 0.6 is 11.3 Å². The zero-order valence-corrected chi connectivity index (χ0v) is 7.36. The van der Waals surface area contributed by atoms with Crippen molar-refractivity contribution < 1.29 is 4.79 Å². The van der Waals surface area contributed by atoms with Crippen LogP contribution in [0, 0.1) is 0 Å². The van der Waals surface area contributed by atoms with Gasteiger partial charge < -0.3 is 0 Å². The van der Waals surface area contributed by atoms with Gasteiger partial charge in [-0.3, -0.25) is 4.79 Å². The molecule has 5 nitrogen and oxygen atoms in total. The van der Waals surface area contributed by atoms with Crippen LogP contribution in [0.2, 0.25) is 0 Å². The molecule has 0 bridgehead atoms. The molecular weight excluding hydrogens is 188 g/mol. The van der Waals surface area contributed by atoms with Crippen LogP contribution in [0.5, 0.6) is 0 Å². The molecule has 0 saturated carbocycles. The summed E-state index contributed by atoms with van der Waals surface area (Å²) in [7, 11) is 0. The van der Waals surface area contributed by atoms with E-state index in [9.17, 15) is 4.79 Å². The monoisotopic (exact) mass is 194 g/mol. The molecule has 1 amide bonds. The second-order valence-electron chi connectivity index (χ2n) is 2.36. The summed E-state index contributed by atoms with van der Waals surface area (Å²) in [6.07, 6.45) is 2.10. The summed E-state index contributed by atoms with van der Waals surface area (Å²) in [6, 6.07) is 1.91. The van der Waals surface area contributed by atoms with E-state index in [1.54, 1.807) is 6.20 Å². The normalized spacial score (nSPS) is 10.2. The summed E-state index contributed by atoms with van der Waals surface area (Å²) < 4.78 is 0. The lowest BCUT2D eigenvalue weighted by Gasteiger charge is -2.05. The van der Waals surface area contributed by atoms with E-state index in [-0.39, 0.29) is 5.95 Å². The molecule has 0 aliphatic rings. The first-order chi connectivity index (χ1) is 6.31. The van der Waals surface area contributed by atoms with Crippen LogP contribution in [-0.2, 0) is 4.79 Å². The molecule has 0 radical (unpaired) electrons. The van der Waals surface area contributed by atoms with E-state index in [1.165, 1.54) is 11.3 Å². The summed E-state index contributed by atoms with van der Waals surface area (Å²) in [5, 5.41) is 3.71. The molecule has 66 valence electrons. The maximum absolute atomic E-state index is 10.3. The standard InChI is InChI=1S/C7H6N4OS/c8-11(4-12)7-9-3-5-1-2-13-6(5)10-7/h1-4H,8H2. The van der Waals surface area contributed by atoms with Gasteiger partial charge in [-0.2, -0.15) is 0 Å². The second-order valence-corrected chi connectivity index (χ2v) is 3.26. The van der Waals surface area contributed by atoms with E-state index in [0.29, 0.717) is 6.41 Å². The van der Waals surface area contributed by atoms with Crippen LogP contribution in [0.4, 0.5) is 5.95 Å². The molecule has 2 aromatic rings. The van der Waals surface area contributed by atoms with Crippen molar-refractivity contribution in [3.05, 3.63) is 17.6 Å². The zero-order chi connectivity index (χ0) is 9.26. The number of fused-ring (bicyclic) bond motifs is 1. The average molecular weight is 194 g/mol. The SMILES string of the molecule is NN(C=O)c1ncc2ccsc2n1. The van der Waals surface area contributed by atoms with Crippen molar-refractivity contribution in [2.45, 2.75) is 0 Å². The van der Waals surface area contributed by atoms with Gasteiger partial charge in [0, 0.05) is 11.6 Å². The van der Waals surface area contributed by atoms with Crippen molar-refractivity contribution >= 4 is 33.9 Å². The first kappa shape index (κ1) is 8.09. The molecule has 0 saturated heterocycles. The lowest BCUT2D eigenvalue weighted by Crippen LogP contribution is -2.30. The smallest absolute Gasteiger partial charge is 0.248 e. The van der Waals surface area contributed by atoms with Crippen molar-refractivity contribution in [2.24, 2.45) is 5.84 Å². The molecule has 2 N–H and O–H groups in total. The highest BCUT2D eigenvalue weighted by Gasteiger charge is 2.04. The Morgan fingerprint density at radius 1 is 1.62 bits per heavy atom. The molecule has 2 heterocycles. The van der Waals surface area contributed by atoms with Crippen LogP contribution in [0.3, 0.4) is 0 Å². The van der Waals surface area contributed by atoms with E-state index in [1.807, 2.05) is 11.4 Å². The van der Waals surface area contributed by atoms with Gasteiger partial charge in [0.05, 0.1) is 0 Å². The van der Waals surface area contributed by atoms with E-state index in [0.717, 1.165) is 15.2 Å². The Bertz CT molecular complexity index is 441.